The Hall–Kier alpha value is -1.72. The number of nitrogens with zero attached hydrogens (tertiary/aromatic N) is 1. The van der Waals surface area contributed by atoms with E-state index in [4.69, 9.17) is 5.11 Å². The molecule has 0 bridgehead atoms. The molecular weight excluding hydrogens is 271 g/mol. The van der Waals surface area contributed by atoms with Gasteiger partial charge in [0, 0.05) is 18.3 Å². The zero-order valence-electron chi connectivity index (χ0n) is 11.7. The second kappa shape index (κ2) is 6.15. The number of anilines is 1. The van der Waals surface area contributed by atoms with Crippen LogP contribution in [0.15, 0.2) is 18.2 Å². The molecule has 20 heavy (non-hydrogen) atoms. The molecule has 0 radical (unpaired) electrons. The van der Waals surface area contributed by atoms with Gasteiger partial charge in [-0.3, -0.25) is 0 Å². The zero-order chi connectivity index (χ0) is 15.5. The van der Waals surface area contributed by atoms with Crippen LogP contribution in [0.5, 0.6) is 0 Å². The summed E-state index contributed by atoms with van der Waals surface area (Å²) >= 11 is 0. The predicted molar refractivity (Wildman–Crippen MR) is 71.2 cm³/mol. The Morgan fingerprint density at radius 3 is 2.35 bits per heavy atom. The number of aromatic carboxylic acids is 1. The molecule has 112 valence electrons. The molecule has 1 rings (SSSR count). The number of rotatable bonds is 5. The normalized spacial score (nSPS) is 11.8. The number of halogens is 3. The third-order valence-corrected chi connectivity index (χ3v) is 2.96. The van der Waals surface area contributed by atoms with Crippen LogP contribution in [0.4, 0.5) is 18.9 Å². The molecule has 0 heterocycles. The quantitative estimate of drug-likeness (QED) is 0.889. The van der Waals surface area contributed by atoms with Gasteiger partial charge in [-0.25, -0.2) is 4.79 Å². The standard InChI is InChI=1S/C14H18F3NO2/c1-4-7-18(9(2)3)10-5-6-11(13(19)20)12(8-10)14(15,16)17/h5-6,8-9H,4,7H2,1-3H3,(H,19,20). The summed E-state index contributed by atoms with van der Waals surface area (Å²) in [4.78, 5) is 12.7. The Bertz CT molecular complexity index is 484. The van der Waals surface area contributed by atoms with Crippen molar-refractivity contribution in [2.75, 3.05) is 11.4 Å². The molecule has 3 nitrogen and oxygen atoms in total. The summed E-state index contributed by atoms with van der Waals surface area (Å²) in [6.45, 7) is 6.31. The van der Waals surface area contributed by atoms with E-state index < -0.39 is 23.3 Å². The van der Waals surface area contributed by atoms with E-state index >= 15 is 0 Å². The molecule has 0 aromatic heterocycles. The molecule has 1 aromatic rings. The minimum atomic E-state index is -4.68. The van der Waals surface area contributed by atoms with Gasteiger partial charge in [-0.05, 0) is 38.5 Å². The van der Waals surface area contributed by atoms with Crippen LogP contribution in [0.1, 0.15) is 43.1 Å². The molecule has 1 aromatic carbocycles. The lowest BCUT2D eigenvalue weighted by Gasteiger charge is -2.29. The lowest BCUT2D eigenvalue weighted by molar-refractivity contribution is -0.138. The van der Waals surface area contributed by atoms with Crippen LogP contribution in [0.25, 0.3) is 0 Å². The van der Waals surface area contributed by atoms with E-state index in [1.807, 2.05) is 25.7 Å². The average molecular weight is 289 g/mol. The maximum absolute atomic E-state index is 13.0. The molecule has 0 unspecified atom stereocenters. The number of hydrogen-bond acceptors (Lipinski definition) is 2. The van der Waals surface area contributed by atoms with Crippen molar-refractivity contribution in [3.8, 4) is 0 Å². The molecule has 0 aliphatic carbocycles. The lowest BCUT2D eigenvalue weighted by atomic mass is 10.0. The SMILES string of the molecule is CCCN(c1ccc(C(=O)O)c(C(F)(F)F)c1)C(C)C. The molecule has 0 aliphatic rings. The van der Waals surface area contributed by atoms with Gasteiger partial charge in [-0.1, -0.05) is 6.92 Å². The highest BCUT2D eigenvalue weighted by molar-refractivity contribution is 5.90. The largest absolute Gasteiger partial charge is 0.478 e. The Morgan fingerprint density at radius 2 is 1.95 bits per heavy atom. The van der Waals surface area contributed by atoms with Crippen LogP contribution in [-0.4, -0.2) is 23.7 Å². The second-order valence-corrected chi connectivity index (χ2v) is 4.82. The molecule has 0 spiro atoms. The molecule has 0 saturated carbocycles. The van der Waals surface area contributed by atoms with Crippen LogP contribution in [0.2, 0.25) is 0 Å². The zero-order valence-corrected chi connectivity index (χ0v) is 11.7. The van der Waals surface area contributed by atoms with Gasteiger partial charge in [0.2, 0.25) is 0 Å². The minimum absolute atomic E-state index is 0.0340. The summed E-state index contributed by atoms with van der Waals surface area (Å²) in [6, 6.07) is 3.39. The Kier molecular flexibility index (Phi) is 5.03. The summed E-state index contributed by atoms with van der Waals surface area (Å²) in [5.74, 6) is -1.57. The Labute approximate surface area is 116 Å². The highest BCUT2D eigenvalue weighted by Gasteiger charge is 2.36. The number of hydrogen-bond donors (Lipinski definition) is 1. The van der Waals surface area contributed by atoms with Gasteiger partial charge in [0.05, 0.1) is 11.1 Å². The van der Waals surface area contributed by atoms with Crippen molar-refractivity contribution >= 4 is 11.7 Å². The van der Waals surface area contributed by atoms with Crippen molar-refractivity contribution in [3.63, 3.8) is 0 Å². The third kappa shape index (κ3) is 3.65. The number of carboxylic acid groups (broad SMARTS) is 1. The summed E-state index contributed by atoms with van der Waals surface area (Å²) in [6.07, 6.45) is -3.89. The first kappa shape index (κ1) is 16.3. The minimum Gasteiger partial charge on any atom is -0.478 e. The van der Waals surface area contributed by atoms with E-state index in [-0.39, 0.29) is 6.04 Å². The van der Waals surface area contributed by atoms with Crippen LogP contribution >= 0.6 is 0 Å². The highest BCUT2D eigenvalue weighted by atomic mass is 19.4. The van der Waals surface area contributed by atoms with Gasteiger partial charge < -0.3 is 10.0 Å². The lowest BCUT2D eigenvalue weighted by Crippen LogP contribution is -2.31. The van der Waals surface area contributed by atoms with Crippen molar-refractivity contribution in [2.24, 2.45) is 0 Å². The van der Waals surface area contributed by atoms with Gasteiger partial charge in [0.15, 0.2) is 0 Å². The van der Waals surface area contributed by atoms with E-state index in [9.17, 15) is 18.0 Å². The van der Waals surface area contributed by atoms with Gasteiger partial charge in [0.25, 0.3) is 0 Å². The van der Waals surface area contributed by atoms with E-state index in [0.29, 0.717) is 12.2 Å². The van der Waals surface area contributed by atoms with Crippen molar-refractivity contribution in [1.82, 2.24) is 0 Å². The molecule has 1 N–H and O–H groups in total. The van der Waals surface area contributed by atoms with Crippen LogP contribution in [-0.2, 0) is 6.18 Å². The first-order valence-corrected chi connectivity index (χ1v) is 6.39. The molecular formula is C14H18F3NO2. The predicted octanol–water partition coefficient (Wildman–Crippen LogP) is 4.03. The topological polar surface area (TPSA) is 40.5 Å². The fraction of sp³-hybridized carbons (Fsp3) is 0.500. The number of benzene rings is 1. The van der Waals surface area contributed by atoms with E-state index in [2.05, 4.69) is 0 Å². The maximum atomic E-state index is 13.0. The van der Waals surface area contributed by atoms with E-state index in [1.54, 1.807) is 0 Å². The summed E-state index contributed by atoms with van der Waals surface area (Å²) in [7, 11) is 0. The fourth-order valence-electron chi connectivity index (χ4n) is 2.06. The summed E-state index contributed by atoms with van der Waals surface area (Å²) < 4.78 is 38.9. The summed E-state index contributed by atoms with van der Waals surface area (Å²) in [5, 5.41) is 8.86. The number of carboxylic acids is 1. The van der Waals surface area contributed by atoms with Gasteiger partial charge in [0.1, 0.15) is 0 Å². The number of carbonyl (C=O) groups is 1. The number of alkyl halides is 3. The molecule has 0 atom stereocenters. The van der Waals surface area contributed by atoms with Gasteiger partial charge >= 0.3 is 12.1 Å². The first-order valence-electron chi connectivity index (χ1n) is 6.39. The maximum Gasteiger partial charge on any atom is 0.417 e. The highest BCUT2D eigenvalue weighted by Crippen LogP contribution is 2.35. The Balaban J connectivity index is 3.34. The summed E-state index contributed by atoms with van der Waals surface area (Å²) in [5.41, 5.74) is -1.44. The molecule has 6 heteroatoms. The third-order valence-electron chi connectivity index (χ3n) is 2.96. The van der Waals surface area contributed by atoms with Gasteiger partial charge in [-0.15, -0.1) is 0 Å². The smallest absolute Gasteiger partial charge is 0.417 e. The van der Waals surface area contributed by atoms with Crippen molar-refractivity contribution in [1.29, 1.82) is 0 Å². The van der Waals surface area contributed by atoms with Crippen molar-refractivity contribution in [3.05, 3.63) is 29.3 Å². The molecule has 0 fully saturated rings. The van der Waals surface area contributed by atoms with Crippen LogP contribution in [0.3, 0.4) is 0 Å². The van der Waals surface area contributed by atoms with E-state index in [1.165, 1.54) is 6.07 Å². The van der Waals surface area contributed by atoms with Crippen molar-refractivity contribution in [2.45, 2.75) is 39.4 Å². The molecule has 0 saturated heterocycles. The molecule has 0 aliphatic heterocycles. The second-order valence-electron chi connectivity index (χ2n) is 4.82. The first-order chi connectivity index (χ1) is 9.18. The Morgan fingerprint density at radius 1 is 1.35 bits per heavy atom. The van der Waals surface area contributed by atoms with Gasteiger partial charge in [-0.2, -0.15) is 13.2 Å². The monoisotopic (exact) mass is 289 g/mol. The van der Waals surface area contributed by atoms with Crippen LogP contribution < -0.4 is 4.90 Å². The average Bonchev–Trinajstić information content (AvgIpc) is 2.33. The van der Waals surface area contributed by atoms with Crippen molar-refractivity contribution < 1.29 is 23.1 Å². The molecule has 0 amide bonds. The van der Waals surface area contributed by atoms with Crippen LogP contribution in [0, 0.1) is 0 Å². The fourth-order valence-corrected chi connectivity index (χ4v) is 2.06. The van der Waals surface area contributed by atoms with E-state index in [0.717, 1.165) is 18.6 Å².